The van der Waals surface area contributed by atoms with E-state index in [4.69, 9.17) is 28.2 Å². The van der Waals surface area contributed by atoms with Crippen LogP contribution >= 0.6 is 23.8 Å². The Morgan fingerprint density at radius 3 is 2.36 bits per heavy atom. The highest BCUT2D eigenvalue weighted by Crippen LogP contribution is 2.42. The van der Waals surface area contributed by atoms with Gasteiger partial charge in [0.2, 0.25) is 5.91 Å². The van der Waals surface area contributed by atoms with Crippen molar-refractivity contribution in [3.63, 3.8) is 0 Å². The first-order valence-corrected chi connectivity index (χ1v) is 18.5. The summed E-state index contributed by atoms with van der Waals surface area (Å²) in [5.74, 6) is -1.36. The van der Waals surface area contributed by atoms with Gasteiger partial charge >= 0.3 is 5.97 Å². The lowest BCUT2D eigenvalue weighted by Gasteiger charge is -2.18. The molecule has 0 atom stereocenters. The Morgan fingerprint density at radius 2 is 1.59 bits per heavy atom. The Morgan fingerprint density at radius 1 is 0.839 bits per heavy atom. The van der Waals surface area contributed by atoms with E-state index < -0.39 is 5.97 Å². The summed E-state index contributed by atoms with van der Waals surface area (Å²) in [5, 5.41) is 31.6. The van der Waals surface area contributed by atoms with Crippen LogP contribution in [0.2, 0.25) is 5.02 Å². The van der Waals surface area contributed by atoms with Gasteiger partial charge in [0.1, 0.15) is 17.1 Å². The molecule has 0 spiro atoms. The van der Waals surface area contributed by atoms with Gasteiger partial charge in [0, 0.05) is 69.1 Å². The van der Waals surface area contributed by atoms with E-state index in [2.05, 4.69) is 16.0 Å². The number of amides is 1. The van der Waals surface area contributed by atoms with Crippen molar-refractivity contribution in [2.24, 2.45) is 0 Å². The molecular formula is C43H35ClN4O7S. The minimum atomic E-state index is -1.18. The summed E-state index contributed by atoms with van der Waals surface area (Å²) in [4.78, 5) is 51.4. The van der Waals surface area contributed by atoms with Crippen molar-refractivity contribution in [3.05, 3.63) is 140 Å². The van der Waals surface area contributed by atoms with Crippen molar-refractivity contribution in [3.8, 4) is 28.2 Å². The zero-order chi connectivity index (χ0) is 39.7. The molecule has 2 aliphatic rings. The summed E-state index contributed by atoms with van der Waals surface area (Å²) in [7, 11) is 0. The van der Waals surface area contributed by atoms with E-state index >= 15 is 0 Å². The lowest BCUT2D eigenvalue weighted by atomic mass is 9.90. The SMILES string of the molecule is Cc1ccc2c(c1)c(CC(=O)NCCCNC(=S)Nc1ccc(-c3c4ccc(=O)cc-4oc4cc(O)ccc34)c(C(=O)O)c1)c(C)n2C(=O)c1ccc(Cl)cc1. The molecule has 11 nitrogen and oxygen atoms in total. The number of carbonyl (C=O) groups is 3. The van der Waals surface area contributed by atoms with Gasteiger partial charge in [-0.1, -0.05) is 29.3 Å². The second-order valence-corrected chi connectivity index (χ2v) is 14.2. The number of aromatic hydroxyl groups is 1. The molecule has 0 radical (unpaired) electrons. The van der Waals surface area contributed by atoms with Crippen molar-refractivity contribution in [1.82, 2.24) is 15.2 Å². The molecule has 0 saturated heterocycles. The van der Waals surface area contributed by atoms with E-state index in [9.17, 15) is 29.4 Å². The van der Waals surface area contributed by atoms with Crippen LogP contribution in [0.3, 0.4) is 0 Å². The number of nitrogens with zero attached hydrogens (tertiary/aromatic N) is 1. The number of benzene rings is 5. The first-order valence-electron chi connectivity index (χ1n) is 17.7. The molecule has 2 heterocycles. The minimum absolute atomic E-state index is 0.0172. The fourth-order valence-electron chi connectivity index (χ4n) is 6.89. The molecule has 0 unspecified atom stereocenters. The van der Waals surface area contributed by atoms with Crippen molar-refractivity contribution < 1.29 is 29.0 Å². The second kappa shape index (κ2) is 15.7. The zero-order valence-electron chi connectivity index (χ0n) is 30.2. The molecule has 0 saturated carbocycles. The highest BCUT2D eigenvalue weighted by Gasteiger charge is 2.24. The number of hydrogen-bond donors (Lipinski definition) is 5. The molecule has 56 heavy (non-hydrogen) atoms. The zero-order valence-corrected chi connectivity index (χ0v) is 31.8. The Balaban J connectivity index is 0.988. The summed E-state index contributed by atoms with van der Waals surface area (Å²) < 4.78 is 7.55. The third-order valence-corrected chi connectivity index (χ3v) is 10.0. The van der Waals surface area contributed by atoms with Gasteiger partial charge in [-0.3, -0.25) is 19.0 Å². The number of carboxylic acids is 1. The van der Waals surface area contributed by atoms with Gasteiger partial charge < -0.3 is 30.6 Å². The normalized spacial score (nSPS) is 11.2. The molecule has 282 valence electrons. The molecule has 4 aromatic carbocycles. The van der Waals surface area contributed by atoms with Gasteiger partial charge in [-0.25, -0.2) is 4.79 Å². The molecule has 1 aromatic heterocycles. The van der Waals surface area contributed by atoms with E-state index in [0.717, 1.165) is 22.0 Å². The third kappa shape index (κ3) is 7.70. The van der Waals surface area contributed by atoms with Gasteiger partial charge in [-0.15, -0.1) is 0 Å². The van der Waals surface area contributed by atoms with Crippen LogP contribution in [0, 0.1) is 13.8 Å². The first-order chi connectivity index (χ1) is 26.9. The summed E-state index contributed by atoms with van der Waals surface area (Å²) in [5.41, 5.74) is 5.58. The highest BCUT2D eigenvalue weighted by molar-refractivity contribution is 7.80. The fourth-order valence-corrected chi connectivity index (χ4v) is 7.23. The summed E-state index contributed by atoms with van der Waals surface area (Å²) in [6.07, 6.45) is 0.634. The molecule has 7 rings (SSSR count). The number of phenolic OH excluding ortho intramolecular Hbond substituents is 1. The van der Waals surface area contributed by atoms with Gasteiger partial charge in [-0.05, 0) is 116 Å². The predicted molar refractivity (Wildman–Crippen MR) is 221 cm³/mol. The number of phenols is 1. The van der Waals surface area contributed by atoms with E-state index in [0.29, 0.717) is 63.6 Å². The Hall–Kier alpha value is -6.50. The van der Waals surface area contributed by atoms with Crippen LogP contribution in [0.25, 0.3) is 44.3 Å². The average Bonchev–Trinajstić information content (AvgIpc) is 3.42. The quantitative estimate of drug-likeness (QED) is 0.0523. The van der Waals surface area contributed by atoms with Crippen molar-refractivity contribution in [1.29, 1.82) is 0 Å². The van der Waals surface area contributed by atoms with Gasteiger partial charge in [0.05, 0.1) is 17.5 Å². The Kier molecular flexibility index (Phi) is 10.6. The number of fused-ring (bicyclic) bond motifs is 3. The molecule has 1 aliphatic heterocycles. The topological polar surface area (TPSA) is 163 Å². The van der Waals surface area contributed by atoms with Crippen LogP contribution in [0.5, 0.6) is 5.75 Å². The van der Waals surface area contributed by atoms with Crippen LogP contribution < -0.4 is 21.4 Å². The molecule has 0 bridgehead atoms. The number of hydrogen-bond acceptors (Lipinski definition) is 7. The van der Waals surface area contributed by atoms with E-state index in [1.807, 2.05) is 32.0 Å². The molecule has 13 heteroatoms. The van der Waals surface area contributed by atoms with Crippen molar-refractivity contribution in [2.75, 3.05) is 18.4 Å². The van der Waals surface area contributed by atoms with Gasteiger partial charge in [0.15, 0.2) is 10.5 Å². The van der Waals surface area contributed by atoms with Crippen LogP contribution in [0.1, 0.15) is 44.0 Å². The second-order valence-electron chi connectivity index (χ2n) is 13.4. The lowest BCUT2D eigenvalue weighted by Crippen LogP contribution is -2.32. The van der Waals surface area contributed by atoms with Crippen molar-refractivity contribution >= 4 is 74.3 Å². The maximum Gasteiger partial charge on any atom is 0.336 e. The third-order valence-electron chi connectivity index (χ3n) is 9.54. The molecule has 0 fully saturated rings. The summed E-state index contributed by atoms with van der Waals surface area (Å²) in [6.45, 7) is 4.59. The number of carboxylic acid groups (broad SMARTS) is 1. The van der Waals surface area contributed by atoms with Crippen LogP contribution in [-0.4, -0.2) is 50.8 Å². The van der Waals surface area contributed by atoms with E-state index in [-0.39, 0.29) is 51.4 Å². The van der Waals surface area contributed by atoms with Crippen LogP contribution in [-0.2, 0) is 11.2 Å². The molecule has 1 amide bonds. The monoisotopic (exact) mass is 786 g/mol. The number of thiocarbonyl (C=S) groups is 1. The smallest absolute Gasteiger partial charge is 0.336 e. The standard InChI is InChI=1S/C43H35ClN4O7S/c1-23-4-15-36-34(18-23)33(24(2)48(36)41(52)25-5-7-26(44)8-6-25)22-39(51)45-16-3-17-46-43(56)47-27-9-12-30(35(19-27)42(53)54)40-31-13-10-28(49)20-37(31)55-38-21-29(50)11-14-32(38)40/h4-15,18-21,49H,3,16-17,22H2,1-2H3,(H,45,51)(H,53,54)(H2,46,47,56). The van der Waals surface area contributed by atoms with Gasteiger partial charge in [0.25, 0.3) is 5.91 Å². The fraction of sp³-hybridized carbons (Fsp3) is 0.140. The minimum Gasteiger partial charge on any atom is -0.508 e. The molecule has 5 aromatic rings. The number of anilines is 1. The largest absolute Gasteiger partial charge is 0.508 e. The molecule has 5 N–H and O–H groups in total. The number of nitrogens with one attached hydrogen (secondary N) is 3. The maximum atomic E-state index is 13.6. The Labute approximate surface area is 330 Å². The maximum absolute atomic E-state index is 13.6. The van der Waals surface area contributed by atoms with Crippen LogP contribution in [0.15, 0.2) is 106 Å². The van der Waals surface area contributed by atoms with Crippen LogP contribution in [0.4, 0.5) is 5.69 Å². The molecule has 1 aliphatic carbocycles. The number of carbonyl (C=O) groups excluding carboxylic acids is 2. The molecular weight excluding hydrogens is 752 g/mol. The summed E-state index contributed by atoms with van der Waals surface area (Å²) >= 11 is 11.5. The highest BCUT2D eigenvalue weighted by atomic mass is 35.5. The first kappa shape index (κ1) is 37.8. The van der Waals surface area contributed by atoms with Crippen molar-refractivity contribution in [2.45, 2.75) is 26.7 Å². The van der Waals surface area contributed by atoms with E-state index in [1.165, 1.54) is 30.3 Å². The number of aromatic nitrogens is 1. The average molecular weight is 787 g/mol. The lowest BCUT2D eigenvalue weighted by molar-refractivity contribution is -0.120. The van der Waals surface area contributed by atoms with Gasteiger partial charge in [-0.2, -0.15) is 0 Å². The summed E-state index contributed by atoms with van der Waals surface area (Å²) in [6, 6.07) is 26.2. The number of aryl methyl sites for hydroxylation is 1. The number of rotatable bonds is 10. The van der Waals surface area contributed by atoms with E-state index in [1.54, 1.807) is 53.1 Å². The number of aromatic carboxylic acids is 1. The number of halogens is 1. The Bertz CT molecular complexity index is 2740. The predicted octanol–water partition coefficient (Wildman–Crippen LogP) is 7.92.